The molecule has 0 saturated heterocycles. The van der Waals surface area contributed by atoms with E-state index in [0.717, 1.165) is 36.1 Å². The fourth-order valence-electron chi connectivity index (χ4n) is 4.97. The molecular weight excluding hydrogens is 504 g/mol. The second-order valence-corrected chi connectivity index (χ2v) is 10.4. The van der Waals surface area contributed by atoms with Crippen molar-refractivity contribution in [2.45, 2.75) is 58.0 Å². The number of carbonyl (C=O) groups is 2. The van der Waals surface area contributed by atoms with Crippen LogP contribution in [-0.4, -0.2) is 37.7 Å². The molecule has 38 heavy (non-hydrogen) atoms. The van der Waals surface area contributed by atoms with Crippen molar-refractivity contribution < 1.29 is 19.1 Å². The van der Waals surface area contributed by atoms with Crippen LogP contribution in [0.5, 0.6) is 11.5 Å². The second kappa shape index (κ2) is 11.1. The number of nitrogens with one attached hydrogen (secondary N) is 2. The zero-order chi connectivity index (χ0) is 26.8. The average molecular weight is 537 g/mol. The van der Waals surface area contributed by atoms with Crippen molar-refractivity contribution in [3.8, 4) is 11.5 Å². The zero-order valence-electron chi connectivity index (χ0n) is 21.9. The normalized spacial score (nSPS) is 19.1. The number of halogens is 1. The number of carbonyl (C=O) groups excluding carboxylic acids is 2. The number of hydrogen-bond donors (Lipinski definition) is 2. The van der Waals surface area contributed by atoms with Crippen LogP contribution >= 0.6 is 11.6 Å². The maximum absolute atomic E-state index is 13.6. The van der Waals surface area contributed by atoms with E-state index >= 15 is 0 Å². The number of ether oxygens (including phenoxy) is 2. The fraction of sp³-hybridized carbons (Fsp3) is 0.379. The molecule has 1 fully saturated rings. The molecule has 2 amide bonds. The van der Waals surface area contributed by atoms with Gasteiger partial charge in [0.2, 0.25) is 5.91 Å². The number of rotatable bonds is 6. The van der Waals surface area contributed by atoms with Crippen molar-refractivity contribution in [1.82, 2.24) is 10.9 Å². The Labute approximate surface area is 228 Å². The predicted molar refractivity (Wildman–Crippen MR) is 150 cm³/mol. The molecule has 2 aliphatic carbocycles. The number of methoxy groups -OCH3 is 1. The number of nitrogens with zero attached hydrogens (tertiary/aromatic N) is 2. The highest BCUT2D eigenvalue weighted by molar-refractivity contribution is 6.30. The Morgan fingerprint density at radius 3 is 2.63 bits per heavy atom. The molecule has 1 heterocycles. The lowest BCUT2D eigenvalue weighted by atomic mass is 9.98. The molecule has 2 aromatic rings. The lowest BCUT2D eigenvalue weighted by molar-refractivity contribution is -0.117. The van der Waals surface area contributed by atoms with Gasteiger partial charge in [0, 0.05) is 41.9 Å². The molecule has 0 aromatic heterocycles. The maximum atomic E-state index is 13.6. The van der Waals surface area contributed by atoms with Gasteiger partial charge in [0.15, 0.2) is 11.5 Å². The summed E-state index contributed by atoms with van der Waals surface area (Å²) in [6.45, 7) is 3.75. The Kier molecular flexibility index (Phi) is 7.63. The van der Waals surface area contributed by atoms with Gasteiger partial charge in [-0.3, -0.25) is 9.69 Å². The van der Waals surface area contributed by atoms with Gasteiger partial charge in [-0.2, -0.15) is 0 Å². The summed E-state index contributed by atoms with van der Waals surface area (Å²) in [5, 5.41) is 0.477. The standard InChI is InChI=1S/C29H33ClN4O4/c1-18-17-33(29(36)38-27-14-10-21(30)16-28(27)37-3)26-15-20(9-13-25(26)34(18)19(2)35)23-7-5-4-6-8-24(23)32-31-22-11-12-22/h5,7,9-10,13-16,18,22,31-32H,4,6,8,11-12,17H2,1-3H3/t18-/m0/s1. The third-order valence-electron chi connectivity index (χ3n) is 7.02. The predicted octanol–water partition coefficient (Wildman–Crippen LogP) is 5.82. The first-order chi connectivity index (χ1) is 18.4. The number of anilines is 2. The van der Waals surface area contributed by atoms with Gasteiger partial charge < -0.3 is 19.8 Å². The first-order valence-corrected chi connectivity index (χ1v) is 13.4. The van der Waals surface area contributed by atoms with Crippen molar-refractivity contribution in [3.05, 3.63) is 64.8 Å². The summed E-state index contributed by atoms with van der Waals surface area (Å²) >= 11 is 6.08. The van der Waals surface area contributed by atoms with Crippen LogP contribution in [0, 0.1) is 0 Å². The van der Waals surface area contributed by atoms with Crippen LogP contribution in [-0.2, 0) is 4.79 Å². The van der Waals surface area contributed by atoms with E-state index in [1.807, 2.05) is 25.1 Å². The van der Waals surface area contributed by atoms with Crippen molar-refractivity contribution in [3.63, 3.8) is 0 Å². The summed E-state index contributed by atoms with van der Waals surface area (Å²) < 4.78 is 11.1. The van der Waals surface area contributed by atoms with Crippen LogP contribution in [0.1, 0.15) is 51.5 Å². The third-order valence-corrected chi connectivity index (χ3v) is 7.25. The summed E-state index contributed by atoms with van der Waals surface area (Å²) in [7, 11) is 1.50. The van der Waals surface area contributed by atoms with E-state index in [2.05, 4.69) is 23.0 Å². The number of amides is 2. The molecule has 9 heteroatoms. The van der Waals surface area contributed by atoms with E-state index in [4.69, 9.17) is 21.1 Å². The lowest BCUT2D eigenvalue weighted by Gasteiger charge is -2.40. The van der Waals surface area contributed by atoms with E-state index in [1.54, 1.807) is 34.9 Å². The van der Waals surface area contributed by atoms with Gasteiger partial charge in [0.1, 0.15) is 0 Å². The van der Waals surface area contributed by atoms with Gasteiger partial charge in [-0.1, -0.05) is 29.8 Å². The van der Waals surface area contributed by atoms with Crippen molar-refractivity contribution >= 4 is 40.5 Å². The molecule has 2 N–H and O–H groups in total. The zero-order valence-corrected chi connectivity index (χ0v) is 22.7. The summed E-state index contributed by atoms with van der Waals surface area (Å²) in [6.07, 6.45) is 9.09. The van der Waals surface area contributed by atoms with Crippen LogP contribution < -0.4 is 30.1 Å². The van der Waals surface area contributed by atoms with Crippen LogP contribution in [0.2, 0.25) is 5.02 Å². The Hall–Kier alpha value is -3.49. The quantitative estimate of drug-likeness (QED) is 0.453. The van der Waals surface area contributed by atoms with Gasteiger partial charge in [0.05, 0.1) is 24.5 Å². The van der Waals surface area contributed by atoms with E-state index in [9.17, 15) is 9.59 Å². The van der Waals surface area contributed by atoms with E-state index in [1.165, 1.54) is 20.0 Å². The molecule has 1 saturated carbocycles. The molecular formula is C29H33ClN4O4. The summed E-state index contributed by atoms with van der Waals surface area (Å²) in [6, 6.07) is 11.0. The minimum atomic E-state index is -0.557. The highest BCUT2D eigenvalue weighted by Crippen LogP contribution is 2.40. The van der Waals surface area contributed by atoms with E-state index in [0.29, 0.717) is 28.2 Å². The van der Waals surface area contributed by atoms with Crippen LogP contribution in [0.3, 0.4) is 0 Å². The highest BCUT2D eigenvalue weighted by atomic mass is 35.5. The smallest absolute Gasteiger partial charge is 0.420 e. The highest BCUT2D eigenvalue weighted by Gasteiger charge is 2.35. The van der Waals surface area contributed by atoms with Crippen LogP contribution in [0.25, 0.3) is 5.57 Å². The van der Waals surface area contributed by atoms with E-state index in [-0.39, 0.29) is 24.2 Å². The lowest BCUT2D eigenvalue weighted by Crippen LogP contribution is -2.52. The molecule has 2 aromatic carbocycles. The van der Waals surface area contributed by atoms with Crippen molar-refractivity contribution in [1.29, 1.82) is 0 Å². The molecule has 1 atom stereocenters. The van der Waals surface area contributed by atoms with Gasteiger partial charge >= 0.3 is 6.09 Å². The second-order valence-electron chi connectivity index (χ2n) is 9.95. The van der Waals surface area contributed by atoms with Crippen molar-refractivity contribution in [2.75, 3.05) is 23.5 Å². The largest absolute Gasteiger partial charge is 0.493 e. The first-order valence-electron chi connectivity index (χ1n) is 13.0. The Morgan fingerprint density at radius 2 is 1.89 bits per heavy atom. The van der Waals surface area contributed by atoms with Crippen LogP contribution in [0.4, 0.5) is 16.2 Å². The first kappa shape index (κ1) is 26.1. The molecule has 3 aliphatic rings. The minimum Gasteiger partial charge on any atom is -0.493 e. The van der Waals surface area contributed by atoms with Gasteiger partial charge in [-0.25, -0.2) is 10.2 Å². The molecule has 200 valence electrons. The SMILES string of the molecule is COc1cc(Cl)ccc1OC(=O)N1C[C@H](C)N(C(C)=O)c2ccc(C3=C(NNC4CC4)CCCC=C3)cc21. The molecule has 0 unspecified atom stereocenters. The number of hydrazine groups is 1. The molecule has 1 aliphatic heterocycles. The number of benzene rings is 2. The maximum Gasteiger partial charge on any atom is 0.420 e. The molecule has 8 nitrogen and oxygen atoms in total. The summed E-state index contributed by atoms with van der Waals surface area (Å²) in [5.74, 6) is 0.555. The third kappa shape index (κ3) is 5.51. The molecule has 0 bridgehead atoms. The number of allylic oxidation sites excluding steroid dienone is 4. The van der Waals surface area contributed by atoms with Gasteiger partial charge in [0.25, 0.3) is 0 Å². The van der Waals surface area contributed by atoms with Gasteiger partial charge in [-0.05, 0) is 68.9 Å². The summed E-state index contributed by atoms with van der Waals surface area (Å²) in [4.78, 5) is 29.5. The average Bonchev–Trinajstić information content (AvgIpc) is 3.74. The van der Waals surface area contributed by atoms with E-state index < -0.39 is 6.09 Å². The number of hydrogen-bond acceptors (Lipinski definition) is 6. The molecule has 0 spiro atoms. The monoisotopic (exact) mass is 536 g/mol. The molecule has 0 radical (unpaired) electrons. The van der Waals surface area contributed by atoms with Crippen LogP contribution in [0.15, 0.2) is 54.2 Å². The number of fused-ring (bicyclic) bond motifs is 1. The van der Waals surface area contributed by atoms with Gasteiger partial charge in [-0.15, -0.1) is 0 Å². The Bertz CT molecular complexity index is 1300. The Morgan fingerprint density at radius 1 is 1.08 bits per heavy atom. The van der Waals surface area contributed by atoms with Crippen molar-refractivity contribution in [2.24, 2.45) is 0 Å². The fourth-order valence-corrected chi connectivity index (χ4v) is 5.13. The topological polar surface area (TPSA) is 83.1 Å². The summed E-state index contributed by atoms with van der Waals surface area (Å²) in [5.41, 5.74) is 11.3. The molecule has 5 rings (SSSR count). The Balaban J connectivity index is 1.53. The minimum absolute atomic E-state index is 0.0801.